The van der Waals surface area contributed by atoms with E-state index in [0.29, 0.717) is 12.1 Å². The summed E-state index contributed by atoms with van der Waals surface area (Å²) >= 11 is 0. The van der Waals surface area contributed by atoms with E-state index in [2.05, 4.69) is 9.98 Å². The Morgan fingerprint density at radius 1 is 1.42 bits per heavy atom. The first-order valence-corrected chi connectivity index (χ1v) is 3.40. The van der Waals surface area contributed by atoms with Gasteiger partial charge in [0.15, 0.2) is 0 Å². The zero-order chi connectivity index (χ0) is 8.81. The van der Waals surface area contributed by atoms with Crippen molar-refractivity contribution in [2.45, 2.75) is 12.5 Å². The fourth-order valence-corrected chi connectivity index (χ4v) is 0.897. The van der Waals surface area contributed by atoms with E-state index in [-0.39, 0.29) is 6.04 Å². The molecule has 0 aromatic heterocycles. The van der Waals surface area contributed by atoms with Gasteiger partial charge in [0.2, 0.25) is 12.2 Å². The van der Waals surface area contributed by atoms with E-state index in [1.54, 1.807) is 18.2 Å². The van der Waals surface area contributed by atoms with Crippen LogP contribution in [0.2, 0.25) is 0 Å². The second kappa shape index (κ2) is 4.19. The first-order valence-electron chi connectivity index (χ1n) is 3.40. The van der Waals surface area contributed by atoms with Gasteiger partial charge in [0.05, 0.1) is 11.7 Å². The molecule has 0 bridgehead atoms. The van der Waals surface area contributed by atoms with Gasteiger partial charge < -0.3 is 0 Å². The third kappa shape index (κ3) is 2.13. The van der Waals surface area contributed by atoms with Crippen LogP contribution in [0.25, 0.3) is 0 Å². The average molecular weight is 162 g/mol. The van der Waals surface area contributed by atoms with Gasteiger partial charge in [-0.05, 0) is 12.5 Å². The fourth-order valence-electron chi connectivity index (χ4n) is 0.897. The fraction of sp³-hybridized carbons (Fsp3) is 0.250. The monoisotopic (exact) mass is 162 g/mol. The zero-order valence-electron chi connectivity index (χ0n) is 6.23. The quantitative estimate of drug-likeness (QED) is 0.446. The second-order valence-electron chi connectivity index (χ2n) is 2.21. The van der Waals surface area contributed by atoms with Crippen LogP contribution < -0.4 is 0 Å². The summed E-state index contributed by atoms with van der Waals surface area (Å²) in [4.78, 5) is 26.6. The minimum absolute atomic E-state index is 0.159. The molecule has 1 rings (SSSR count). The summed E-state index contributed by atoms with van der Waals surface area (Å²) in [6, 6.07) is -0.159. The normalized spacial score (nSPS) is 20.3. The first-order chi connectivity index (χ1) is 5.86. The Hall–Kier alpha value is -1.76. The van der Waals surface area contributed by atoms with Crippen molar-refractivity contribution >= 4 is 12.2 Å². The lowest BCUT2D eigenvalue weighted by atomic mass is 10.1. The number of nitrogens with zero attached hydrogens (tertiary/aromatic N) is 2. The molecule has 1 aliphatic carbocycles. The Bertz CT molecular complexity index is 318. The molecule has 0 saturated heterocycles. The van der Waals surface area contributed by atoms with E-state index in [4.69, 9.17) is 0 Å². The Balaban J connectivity index is 2.66. The molecule has 0 radical (unpaired) electrons. The number of rotatable bonds is 2. The maximum absolute atomic E-state index is 9.85. The number of hydrogen-bond donors (Lipinski definition) is 0. The van der Waals surface area contributed by atoms with Gasteiger partial charge >= 0.3 is 0 Å². The summed E-state index contributed by atoms with van der Waals surface area (Å²) in [5.41, 5.74) is 0.558. The maximum Gasteiger partial charge on any atom is 0.240 e. The number of allylic oxidation sites excluding steroid dienone is 1. The van der Waals surface area contributed by atoms with Crippen LogP contribution in [-0.2, 0) is 9.59 Å². The summed E-state index contributed by atoms with van der Waals surface area (Å²) < 4.78 is 0. The van der Waals surface area contributed by atoms with Gasteiger partial charge in [-0.25, -0.2) is 9.59 Å². The SMILES string of the molecule is O=C=NC1=CCC(N=C=O)C=C1. The lowest BCUT2D eigenvalue weighted by Gasteiger charge is -2.05. The molecular weight excluding hydrogens is 156 g/mol. The smallest absolute Gasteiger partial charge is 0.211 e. The molecule has 0 heterocycles. The average Bonchev–Trinajstić information content (AvgIpc) is 2.09. The largest absolute Gasteiger partial charge is 0.240 e. The summed E-state index contributed by atoms with van der Waals surface area (Å²) in [6.07, 6.45) is 8.52. The molecule has 12 heavy (non-hydrogen) atoms. The van der Waals surface area contributed by atoms with Gasteiger partial charge in [-0.2, -0.15) is 9.98 Å². The van der Waals surface area contributed by atoms with Crippen LogP contribution in [0.5, 0.6) is 0 Å². The molecule has 0 N–H and O–H groups in total. The molecule has 1 atom stereocenters. The molecule has 0 spiro atoms. The minimum Gasteiger partial charge on any atom is -0.211 e. The lowest BCUT2D eigenvalue weighted by molar-refractivity contribution is 0.560. The van der Waals surface area contributed by atoms with Crippen LogP contribution in [-0.4, -0.2) is 18.2 Å². The molecule has 1 aliphatic rings. The number of carbonyl (C=O) groups excluding carboxylic acids is 2. The van der Waals surface area contributed by atoms with E-state index in [0.717, 1.165) is 0 Å². The van der Waals surface area contributed by atoms with Crippen molar-refractivity contribution in [1.29, 1.82) is 0 Å². The summed E-state index contributed by atoms with van der Waals surface area (Å²) in [5.74, 6) is 0. The predicted octanol–water partition coefficient (Wildman–Crippen LogP) is 0.870. The van der Waals surface area contributed by atoms with Crippen LogP contribution in [0, 0.1) is 0 Å². The molecule has 1 unspecified atom stereocenters. The van der Waals surface area contributed by atoms with Crippen LogP contribution >= 0.6 is 0 Å². The summed E-state index contributed by atoms with van der Waals surface area (Å²) in [6.45, 7) is 0. The Morgan fingerprint density at radius 2 is 2.25 bits per heavy atom. The van der Waals surface area contributed by atoms with Gasteiger partial charge in [0.25, 0.3) is 0 Å². The molecular formula is C8H6N2O2. The Labute approximate surface area is 69.0 Å². The first kappa shape index (κ1) is 8.34. The van der Waals surface area contributed by atoms with Crippen LogP contribution in [0.4, 0.5) is 0 Å². The van der Waals surface area contributed by atoms with Crippen molar-refractivity contribution in [2.75, 3.05) is 0 Å². The van der Waals surface area contributed by atoms with Crippen LogP contribution in [0.15, 0.2) is 33.9 Å². The highest BCUT2D eigenvalue weighted by Crippen LogP contribution is 2.12. The van der Waals surface area contributed by atoms with Crippen molar-refractivity contribution < 1.29 is 9.59 Å². The van der Waals surface area contributed by atoms with Gasteiger partial charge in [0.1, 0.15) is 0 Å². The lowest BCUT2D eigenvalue weighted by Crippen LogP contribution is -2.01. The Kier molecular flexibility index (Phi) is 2.91. The molecule has 4 nitrogen and oxygen atoms in total. The standard InChI is InChI=1S/C8H6N2O2/c11-5-9-7-1-2-8(4-3-7)10-6-12/h1-3,8H,4H2. The second-order valence-corrected chi connectivity index (χ2v) is 2.21. The number of aliphatic imine (C=N–C) groups is 2. The van der Waals surface area contributed by atoms with Crippen LogP contribution in [0.1, 0.15) is 6.42 Å². The highest BCUT2D eigenvalue weighted by molar-refractivity contribution is 5.41. The highest BCUT2D eigenvalue weighted by Gasteiger charge is 2.05. The molecule has 0 fully saturated rings. The van der Waals surface area contributed by atoms with Gasteiger partial charge in [-0.3, -0.25) is 0 Å². The van der Waals surface area contributed by atoms with Gasteiger partial charge in [-0.1, -0.05) is 12.2 Å². The van der Waals surface area contributed by atoms with Crippen LogP contribution in [0.3, 0.4) is 0 Å². The summed E-state index contributed by atoms with van der Waals surface area (Å²) in [5, 5.41) is 0. The van der Waals surface area contributed by atoms with Crippen molar-refractivity contribution in [3.63, 3.8) is 0 Å². The van der Waals surface area contributed by atoms with Gasteiger partial charge in [0, 0.05) is 0 Å². The number of hydrogen-bond acceptors (Lipinski definition) is 4. The van der Waals surface area contributed by atoms with E-state index >= 15 is 0 Å². The number of isocyanates is 2. The summed E-state index contributed by atoms with van der Waals surface area (Å²) in [7, 11) is 0. The molecule has 0 aromatic rings. The third-order valence-corrected chi connectivity index (χ3v) is 1.45. The van der Waals surface area contributed by atoms with Crippen molar-refractivity contribution in [3.8, 4) is 0 Å². The Morgan fingerprint density at radius 3 is 2.75 bits per heavy atom. The molecule has 60 valence electrons. The van der Waals surface area contributed by atoms with E-state index < -0.39 is 0 Å². The maximum atomic E-state index is 9.85. The molecule has 4 heteroatoms. The van der Waals surface area contributed by atoms with E-state index in [9.17, 15) is 9.59 Å². The third-order valence-electron chi connectivity index (χ3n) is 1.45. The van der Waals surface area contributed by atoms with E-state index in [1.165, 1.54) is 12.2 Å². The molecule has 0 saturated carbocycles. The highest BCUT2D eigenvalue weighted by atomic mass is 16.1. The molecule has 0 aromatic carbocycles. The molecule has 0 amide bonds. The van der Waals surface area contributed by atoms with Crippen molar-refractivity contribution in [2.24, 2.45) is 9.98 Å². The van der Waals surface area contributed by atoms with Gasteiger partial charge in [-0.15, -0.1) is 0 Å². The molecule has 0 aliphatic heterocycles. The van der Waals surface area contributed by atoms with E-state index in [1.807, 2.05) is 0 Å². The zero-order valence-corrected chi connectivity index (χ0v) is 6.23. The predicted molar refractivity (Wildman–Crippen MR) is 41.9 cm³/mol. The minimum atomic E-state index is -0.159. The van der Waals surface area contributed by atoms with Crippen molar-refractivity contribution in [3.05, 3.63) is 23.9 Å². The topological polar surface area (TPSA) is 58.9 Å². The van der Waals surface area contributed by atoms with Crippen molar-refractivity contribution in [1.82, 2.24) is 0 Å².